The van der Waals surface area contributed by atoms with E-state index in [2.05, 4.69) is 4.74 Å². The number of esters is 2. The summed E-state index contributed by atoms with van der Waals surface area (Å²) in [5.74, 6) is -2.65. The van der Waals surface area contributed by atoms with Gasteiger partial charge < -0.3 is 9.84 Å². The predicted octanol–water partition coefficient (Wildman–Crippen LogP) is 1.00. The molecule has 0 bridgehead atoms. The van der Waals surface area contributed by atoms with Crippen LogP contribution in [0, 0.1) is 6.92 Å². The van der Waals surface area contributed by atoms with Crippen LogP contribution < -0.4 is 0 Å². The fourth-order valence-corrected chi connectivity index (χ4v) is 1.57. The number of carboxylic acid groups (broad SMARTS) is 1. The van der Waals surface area contributed by atoms with Gasteiger partial charge >= 0.3 is 17.9 Å². The van der Waals surface area contributed by atoms with Crippen LogP contribution in [0.5, 0.6) is 0 Å². The number of cyclic esters (lactones) is 2. The van der Waals surface area contributed by atoms with Crippen molar-refractivity contribution in [3.8, 4) is 0 Å². The fraction of sp³-hybridized carbons (Fsp3) is 0.100. The molecule has 1 aromatic carbocycles. The average molecular weight is 206 g/mol. The third-order valence-electron chi connectivity index (χ3n) is 2.30. The summed E-state index contributed by atoms with van der Waals surface area (Å²) in [6.45, 7) is 1.47. The summed E-state index contributed by atoms with van der Waals surface area (Å²) in [5.41, 5.74) is 0.443. The molecule has 0 radical (unpaired) electrons. The molecule has 0 amide bonds. The van der Waals surface area contributed by atoms with Gasteiger partial charge in [-0.1, -0.05) is 0 Å². The van der Waals surface area contributed by atoms with E-state index in [1.807, 2.05) is 0 Å². The van der Waals surface area contributed by atoms with Gasteiger partial charge in [0, 0.05) is 0 Å². The molecule has 5 nitrogen and oxygen atoms in total. The molecular formula is C10H6O5. The first kappa shape index (κ1) is 9.39. The third kappa shape index (κ3) is 1.20. The highest BCUT2D eigenvalue weighted by atomic mass is 16.6. The summed E-state index contributed by atoms with van der Waals surface area (Å²) < 4.78 is 4.38. The van der Waals surface area contributed by atoms with E-state index < -0.39 is 17.9 Å². The lowest BCUT2D eigenvalue weighted by Gasteiger charge is -2.02. The number of carbonyl (C=O) groups excluding carboxylic acids is 2. The van der Waals surface area contributed by atoms with Crippen LogP contribution in [0.3, 0.4) is 0 Å². The first-order valence-electron chi connectivity index (χ1n) is 4.15. The Hall–Kier alpha value is -2.17. The van der Waals surface area contributed by atoms with Crippen LogP contribution in [-0.4, -0.2) is 23.0 Å². The second-order valence-electron chi connectivity index (χ2n) is 3.14. The number of hydrogen-bond donors (Lipinski definition) is 1. The molecule has 76 valence electrons. The lowest BCUT2D eigenvalue weighted by Crippen LogP contribution is -2.05. The highest BCUT2D eigenvalue weighted by Crippen LogP contribution is 2.25. The van der Waals surface area contributed by atoms with Crippen LogP contribution in [0.25, 0.3) is 0 Å². The summed E-state index contributed by atoms with van der Waals surface area (Å²) in [6, 6.07) is 2.58. The van der Waals surface area contributed by atoms with Crippen LogP contribution in [-0.2, 0) is 4.74 Å². The standard InChI is InChI=1S/C10H6O5/c1-4-5(8(11)12)2-3-6-7(4)10(14)15-9(6)13/h2-3H,1H3,(H,11,12). The lowest BCUT2D eigenvalue weighted by molar-refractivity contribution is 0.0443. The number of fused-ring (bicyclic) bond motifs is 1. The molecule has 1 aliphatic heterocycles. The Morgan fingerprint density at radius 3 is 2.53 bits per heavy atom. The molecule has 0 atom stereocenters. The molecule has 15 heavy (non-hydrogen) atoms. The Bertz CT molecular complexity index is 501. The maximum atomic E-state index is 11.2. The van der Waals surface area contributed by atoms with Crippen molar-refractivity contribution in [2.45, 2.75) is 6.92 Å². The van der Waals surface area contributed by atoms with E-state index in [0.717, 1.165) is 0 Å². The van der Waals surface area contributed by atoms with Gasteiger partial charge in [0.1, 0.15) is 0 Å². The van der Waals surface area contributed by atoms with E-state index in [0.29, 0.717) is 0 Å². The quantitative estimate of drug-likeness (QED) is 0.547. The molecule has 1 aliphatic rings. The van der Waals surface area contributed by atoms with Gasteiger partial charge in [0.25, 0.3) is 0 Å². The van der Waals surface area contributed by atoms with Crippen molar-refractivity contribution in [3.63, 3.8) is 0 Å². The Morgan fingerprint density at radius 2 is 1.93 bits per heavy atom. The van der Waals surface area contributed by atoms with Crippen LogP contribution in [0.15, 0.2) is 12.1 Å². The van der Waals surface area contributed by atoms with Gasteiger partial charge in [-0.15, -0.1) is 0 Å². The molecule has 0 spiro atoms. The predicted molar refractivity (Wildman–Crippen MR) is 47.9 cm³/mol. The minimum atomic E-state index is -1.14. The lowest BCUT2D eigenvalue weighted by atomic mass is 9.98. The van der Waals surface area contributed by atoms with Crippen molar-refractivity contribution in [3.05, 3.63) is 34.4 Å². The second kappa shape index (κ2) is 2.91. The summed E-state index contributed by atoms with van der Waals surface area (Å²) in [6.07, 6.45) is 0. The molecule has 1 aromatic rings. The van der Waals surface area contributed by atoms with Gasteiger partial charge in [-0.2, -0.15) is 0 Å². The van der Waals surface area contributed by atoms with E-state index in [-0.39, 0.29) is 22.3 Å². The van der Waals surface area contributed by atoms with E-state index >= 15 is 0 Å². The number of rotatable bonds is 1. The molecular weight excluding hydrogens is 200 g/mol. The Morgan fingerprint density at radius 1 is 1.27 bits per heavy atom. The zero-order chi connectivity index (χ0) is 11.2. The number of carboxylic acids is 1. The average Bonchev–Trinajstić information content (AvgIpc) is 2.43. The fourth-order valence-electron chi connectivity index (χ4n) is 1.57. The van der Waals surface area contributed by atoms with Crippen molar-refractivity contribution in [2.75, 3.05) is 0 Å². The van der Waals surface area contributed by atoms with Gasteiger partial charge in [0.15, 0.2) is 0 Å². The molecule has 1 heterocycles. The van der Waals surface area contributed by atoms with Gasteiger partial charge in [-0.25, -0.2) is 14.4 Å². The van der Waals surface area contributed by atoms with Gasteiger partial charge in [-0.05, 0) is 24.6 Å². The zero-order valence-electron chi connectivity index (χ0n) is 7.73. The first-order valence-corrected chi connectivity index (χ1v) is 4.15. The summed E-state index contributed by atoms with van der Waals surface area (Å²) in [4.78, 5) is 33.1. The van der Waals surface area contributed by atoms with Crippen LogP contribution in [0.4, 0.5) is 0 Å². The highest BCUT2D eigenvalue weighted by molar-refractivity contribution is 6.16. The Kier molecular flexibility index (Phi) is 1.82. The summed E-state index contributed by atoms with van der Waals surface area (Å²) in [5, 5.41) is 8.81. The third-order valence-corrected chi connectivity index (χ3v) is 2.30. The number of carbonyl (C=O) groups is 3. The van der Waals surface area contributed by atoms with Crippen molar-refractivity contribution < 1.29 is 24.2 Å². The van der Waals surface area contributed by atoms with E-state index in [1.54, 1.807) is 0 Å². The maximum Gasteiger partial charge on any atom is 0.347 e. The summed E-state index contributed by atoms with van der Waals surface area (Å²) in [7, 11) is 0. The Balaban J connectivity index is 2.74. The summed E-state index contributed by atoms with van der Waals surface area (Å²) >= 11 is 0. The van der Waals surface area contributed by atoms with E-state index in [9.17, 15) is 14.4 Å². The monoisotopic (exact) mass is 206 g/mol. The van der Waals surface area contributed by atoms with Crippen molar-refractivity contribution in [2.24, 2.45) is 0 Å². The molecule has 2 rings (SSSR count). The first-order chi connectivity index (χ1) is 7.02. The minimum absolute atomic E-state index is 0.000370. The van der Waals surface area contributed by atoms with Crippen LogP contribution >= 0.6 is 0 Å². The number of hydrogen-bond acceptors (Lipinski definition) is 4. The molecule has 0 saturated heterocycles. The SMILES string of the molecule is Cc1c(C(=O)O)ccc2c1C(=O)OC2=O. The minimum Gasteiger partial charge on any atom is -0.478 e. The highest BCUT2D eigenvalue weighted by Gasteiger charge is 2.32. The molecule has 0 aliphatic carbocycles. The molecule has 0 unspecified atom stereocenters. The maximum absolute atomic E-state index is 11.2. The molecule has 0 saturated carbocycles. The number of benzene rings is 1. The topological polar surface area (TPSA) is 80.7 Å². The van der Waals surface area contributed by atoms with Gasteiger partial charge in [0.05, 0.1) is 16.7 Å². The van der Waals surface area contributed by atoms with Gasteiger partial charge in [-0.3, -0.25) is 0 Å². The molecule has 0 fully saturated rings. The normalized spacial score (nSPS) is 13.7. The van der Waals surface area contributed by atoms with Crippen LogP contribution in [0.2, 0.25) is 0 Å². The molecule has 1 N–H and O–H groups in total. The Labute approximate surface area is 84.3 Å². The second-order valence-corrected chi connectivity index (χ2v) is 3.14. The largest absolute Gasteiger partial charge is 0.478 e. The zero-order valence-corrected chi connectivity index (χ0v) is 7.73. The molecule has 0 aromatic heterocycles. The number of aromatic carboxylic acids is 1. The van der Waals surface area contributed by atoms with Crippen molar-refractivity contribution in [1.29, 1.82) is 0 Å². The van der Waals surface area contributed by atoms with Gasteiger partial charge in [0.2, 0.25) is 0 Å². The van der Waals surface area contributed by atoms with E-state index in [4.69, 9.17) is 5.11 Å². The number of ether oxygens (including phenoxy) is 1. The van der Waals surface area contributed by atoms with Crippen molar-refractivity contribution >= 4 is 17.9 Å². The van der Waals surface area contributed by atoms with Crippen LogP contribution in [0.1, 0.15) is 36.6 Å². The smallest absolute Gasteiger partial charge is 0.347 e. The van der Waals surface area contributed by atoms with E-state index in [1.165, 1.54) is 19.1 Å². The van der Waals surface area contributed by atoms with Crippen molar-refractivity contribution in [1.82, 2.24) is 0 Å². The molecule has 5 heteroatoms.